The van der Waals surface area contributed by atoms with Crippen LogP contribution < -0.4 is 5.73 Å². The van der Waals surface area contributed by atoms with Crippen molar-refractivity contribution in [3.63, 3.8) is 0 Å². The lowest BCUT2D eigenvalue weighted by molar-refractivity contribution is 0.345. The predicted octanol–water partition coefficient (Wildman–Crippen LogP) is 1.77. The van der Waals surface area contributed by atoms with Crippen LogP contribution in [0.25, 0.3) is 0 Å². The van der Waals surface area contributed by atoms with Crippen LogP contribution in [-0.4, -0.2) is 36.1 Å². The maximum atomic E-state index is 5.82. The quantitative estimate of drug-likeness (QED) is 0.852. The van der Waals surface area contributed by atoms with E-state index in [9.17, 15) is 0 Å². The van der Waals surface area contributed by atoms with Gasteiger partial charge >= 0.3 is 0 Å². The summed E-state index contributed by atoms with van der Waals surface area (Å²) in [5.74, 6) is 1.33. The molecule has 1 aliphatic carbocycles. The maximum Gasteiger partial charge on any atom is 0.0972 e. The molecule has 1 aliphatic heterocycles. The molecule has 1 aromatic rings. The fourth-order valence-corrected chi connectivity index (χ4v) is 3.75. The highest BCUT2D eigenvalue weighted by molar-refractivity contribution is 7.09. The molecule has 16 heavy (non-hydrogen) atoms. The van der Waals surface area contributed by atoms with E-state index >= 15 is 0 Å². The summed E-state index contributed by atoms with van der Waals surface area (Å²) < 4.78 is 0. The minimum absolute atomic E-state index is 0.424. The molecule has 0 radical (unpaired) electrons. The van der Waals surface area contributed by atoms with Crippen LogP contribution in [0, 0.1) is 0 Å². The molecule has 0 spiro atoms. The van der Waals surface area contributed by atoms with Gasteiger partial charge < -0.3 is 10.6 Å². The first kappa shape index (κ1) is 10.7. The molecule has 3 nitrogen and oxygen atoms in total. The van der Waals surface area contributed by atoms with Crippen molar-refractivity contribution in [2.45, 2.75) is 37.1 Å². The monoisotopic (exact) mass is 237 g/mol. The molecule has 1 atom stereocenters. The van der Waals surface area contributed by atoms with Crippen molar-refractivity contribution < 1.29 is 0 Å². The summed E-state index contributed by atoms with van der Waals surface area (Å²) in [7, 11) is 2.19. The van der Waals surface area contributed by atoms with Gasteiger partial charge in [0.1, 0.15) is 0 Å². The highest BCUT2D eigenvalue weighted by Crippen LogP contribution is 2.38. The Labute approximate surface area is 101 Å². The molecule has 2 N–H and O–H groups in total. The molecule has 2 fully saturated rings. The number of thiazole rings is 1. The van der Waals surface area contributed by atoms with E-state index in [0.717, 1.165) is 12.8 Å². The van der Waals surface area contributed by atoms with E-state index in [2.05, 4.69) is 17.3 Å². The molecular formula is C12H19N3S. The van der Waals surface area contributed by atoms with Gasteiger partial charge in [-0.3, -0.25) is 0 Å². The summed E-state index contributed by atoms with van der Waals surface area (Å²) in [5.41, 5.74) is 7.12. The van der Waals surface area contributed by atoms with Gasteiger partial charge in [0.2, 0.25) is 0 Å². The summed E-state index contributed by atoms with van der Waals surface area (Å²) in [6, 6.07) is 0.424. The molecule has 1 saturated carbocycles. The summed E-state index contributed by atoms with van der Waals surface area (Å²) in [4.78, 5) is 7.21. The van der Waals surface area contributed by atoms with E-state index in [4.69, 9.17) is 10.7 Å². The lowest BCUT2D eigenvalue weighted by Gasteiger charge is -2.30. The van der Waals surface area contributed by atoms with Gasteiger partial charge in [-0.1, -0.05) is 0 Å². The van der Waals surface area contributed by atoms with E-state index in [1.165, 1.54) is 30.2 Å². The van der Waals surface area contributed by atoms with Crippen LogP contribution in [0.3, 0.4) is 0 Å². The molecule has 0 bridgehead atoms. The highest BCUT2D eigenvalue weighted by atomic mass is 32.1. The molecule has 1 unspecified atom stereocenters. The van der Waals surface area contributed by atoms with Gasteiger partial charge in [0.25, 0.3) is 0 Å². The van der Waals surface area contributed by atoms with Gasteiger partial charge in [-0.05, 0) is 32.9 Å². The molecule has 4 heteroatoms. The van der Waals surface area contributed by atoms with Crippen molar-refractivity contribution in [3.05, 3.63) is 16.1 Å². The number of likely N-dealkylation sites (N-methyl/N-ethyl adjacent to an activating group) is 1. The standard InChI is InChI=1S/C12H19N3S/c1-15-3-2-8(6-15)12-14-11(7-16-12)9-4-10(13)5-9/h7-10H,2-6,13H2,1H3. The Balaban J connectivity index is 1.68. The van der Waals surface area contributed by atoms with Crippen LogP contribution in [0.5, 0.6) is 0 Å². The number of aromatic nitrogens is 1. The number of nitrogens with two attached hydrogens (primary N) is 1. The fraction of sp³-hybridized carbons (Fsp3) is 0.750. The van der Waals surface area contributed by atoms with E-state index in [1.807, 2.05) is 11.3 Å². The SMILES string of the molecule is CN1CCC(c2nc(C3CC(N)C3)cs2)C1. The summed E-state index contributed by atoms with van der Waals surface area (Å²) in [6.45, 7) is 2.39. The van der Waals surface area contributed by atoms with Crippen LogP contribution >= 0.6 is 11.3 Å². The number of rotatable bonds is 2. The Kier molecular flexibility index (Phi) is 2.73. The van der Waals surface area contributed by atoms with Crippen molar-refractivity contribution >= 4 is 11.3 Å². The van der Waals surface area contributed by atoms with Crippen LogP contribution in [0.4, 0.5) is 0 Å². The first-order valence-corrected chi connectivity index (χ1v) is 7.00. The smallest absolute Gasteiger partial charge is 0.0972 e. The number of hydrogen-bond donors (Lipinski definition) is 1. The average molecular weight is 237 g/mol. The molecule has 2 aliphatic rings. The minimum atomic E-state index is 0.424. The van der Waals surface area contributed by atoms with Crippen LogP contribution in [-0.2, 0) is 0 Å². The van der Waals surface area contributed by atoms with Crippen molar-refractivity contribution in [1.29, 1.82) is 0 Å². The summed E-state index contributed by atoms with van der Waals surface area (Å²) in [5, 5.41) is 3.60. The Morgan fingerprint density at radius 2 is 2.25 bits per heavy atom. The normalized spacial score (nSPS) is 35.2. The lowest BCUT2D eigenvalue weighted by atomic mass is 9.79. The zero-order valence-corrected chi connectivity index (χ0v) is 10.5. The third kappa shape index (κ3) is 1.90. The predicted molar refractivity (Wildman–Crippen MR) is 66.9 cm³/mol. The lowest BCUT2D eigenvalue weighted by Crippen LogP contribution is -2.34. The van der Waals surface area contributed by atoms with E-state index < -0.39 is 0 Å². The zero-order valence-electron chi connectivity index (χ0n) is 9.72. The van der Waals surface area contributed by atoms with Crippen molar-refractivity contribution in [1.82, 2.24) is 9.88 Å². The number of nitrogens with zero attached hydrogens (tertiary/aromatic N) is 2. The van der Waals surface area contributed by atoms with Crippen molar-refractivity contribution in [3.8, 4) is 0 Å². The molecule has 2 heterocycles. The highest BCUT2D eigenvalue weighted by Gasteiger charge is 2.30. The Hall–Kier alpha value is -0.450. The largest absolute Gasteiger partial charge is 0.328 e. The van der Waals surface area contributed by atoms with Crippen molar-refractivity contribution in [2.75, 3.05) is 20.1 Å². The molecule has 0 amide bonds. The third-order valence-electron chi connectivity index (χ3n) is 3.87. The molecule has 0 aromatic carbocycles. The Morgan fingerprint density at radius 1 is 1.44 bits per heavy atom. The number of likely N-dealkylation sites (tertiary alicyclic amines) is 1. The van der Waals surface area contributed by atoms with E-state index in [1.54, 1.807) is 0 Å². The first-order valence-electron chi connectivity index (χ1n) is 6.12. The Bertz CT molecular complexity index is 370. The van der Waals surface area contributed by atoms with Gasteiger partial charge in [0.05, 0.1) is 10.7 Å². The topological polar surface area (TPSA) is 42.2 Å². The van der Waals surface area contributed by atoms with Gasteiger partial charge in [-0.25, -0.2) is 4.98 Å². The average Bonchev–Trinajstić information content (AvgIpc) is 2.81. The Morgan fingerprint density at radius 3 is 2.88 bits per heavy atom. The first-order chi connectivity index (χ1) is 7.72. The molecule has 3 rings (SSSR count). The van der Waals surface area contributed by atoms with Gasteiger partial charge in [-0.2, -0.15) is 0 Å². The van der Waals surface area contributed by atoms with Crippen molar-refractivity contribution in [2.24, 2.45) is 5.73 Å². The number of hydrogen-bond acceptors (Lipinski definition) is 4. The summed E-state index contributed by atoms with van der Waals surface area (Å²) >= 11 is 1.85. The van der Waals surface area contributed by atoms with Gasteiger partial charge in [-0.15, -0.1) is 11.3 Å². The molecule has 1 aromatic heterocycles. The molecule has 88 valence electrons. The van der Waals surface area contributed by atoms with Gasteiger partial charge in [0.15, 0.2) is 0 Å². The second-order valence-electron chi connectivity index (χ2n) is 5.29. The second-order valence-corrected chi connectivity index (χ2v) is 6.18. The minimum Gasteiger partial charge on any atom is -0.328 e. The third-order valence-corrected chi connectivity index (χ3v) is 4.90. The van der Waals surface area contributed by atoms with E-state index in [0.29, 0.717) is 17.9 Å². The maximum absolute atomic E-state index is 5.82. The molecule has 1 saturated heterocycles. The van der Waals surface area contributed by atoms with E-state index in [-0.39, 0.29) is 0 Å². The zero-order chi connectivity index (χ0) is 11.1. The van der Waals surface area contributed by atoms with Crippen LogP contribution in [0.2, 0.25) is 0 Å². The molecular weight excluding hydrogens is 218 g/mol. The second kappa shape index (κ2) is 4.09. The van der Waals surface area contributed by atoms with Crippen LogP contribution in [0.15, 0.2) is 5.38 Å². The van der Waals surface area contributed by atoms with Crippen LogP contribution in [0.1, 0.15) is 41.8 Å². The van der Waals surface area contributed by atoms with Gasteiger partial charge in [0, 0.05) is 29.8 Å². The fourth-order valence-electron chi connectivity index (χ4n) is 2.72. The summed E-state index contributed by atoms with van der Waals surface area (Å²) in [6.07, 6.45) is 3.54.